The Morgan fingerprint density at radius 1 is 1.08 bits per heavy atom. The molecule has 0 saturated carbocycles. The number of methoxy groups -OCH3 is 1. The molecule has 0 fully saturated rings. The van der Waals surface area contributed by atoms with Gasteiger partial charge in [-0.3, -0.25) is 9.78 Å². The number of hydrogen-bond acceptors (Lipinski definition) is 5. The van der Waals surface area contributed by atoms with E-state index in [9.17, 15) is 18.0 Å². The molecule has 1 N–H and O–H groups in total. The second kappa shape index (κ2) is 10.7. The lowest BCUT2D eigenvalue weighted by molar-refractivity contribution is -0.192. The van der Waals surface area contributed by atoms with E-state index in [0.29, 0.717) is 19.0 Å². The zero-order valence-corrected chi connectivity index (χ0v) is 19.7. The zero-order chi connectivity index (χ0) is 26.6. The van der Waals surface area contributed by atoms with Crippen LogP contribution in [-0.2, 0) is 17.8 Å². The van der Waals surface area contributed by atoms with Crippen molar-refractivity contribution in [2.24, 2.45) is 0 Å². The maximum Gasteiger partial charge on any atom is 0.490 e. The summed E-state index contributed by atoms with van der Waals surface area (Å²) in [6.45, 7) is 1.26. The maximum atomic E-state index is 13.2. The fraction of sp³-hybridized carbons (Fsp3) is 0.185. The average molecular weight is 509 g/mol. The highest BCUT2D eigenvalue weighted by atomic mass is 19.4. The molecule has 4 aromatic rings. The second-order valence-electron chi connectivity index (χ2n) is 8.20. The number of carbonyl (C=O) groups excluding carboxylic acids is 1. The van der Waals surface area contributed by atoms with E-state index < -0.39 is 12.1 Å². The largest absolute Gasteiger partial charge is 0.490 e. The zero-order valence-electron chi connectivity index (χ0n) is 19.7. The van der Waals surface area contributed by atoms with Crippen LogP contribution in [0.5, 0.6) is 5.88 Å². The summed E-state index contributed by atoms with van der Waals surface area (Å²) >= 11 is 0. The predicted octanol–water partition coefficient (Wildman–Crippen LogP) is 5.14. The molecular weight excluding hydrogens is 487 g/mol. The van der Waals surface area contributed by atoms with Crippen LogP contribution < -0.4 is 4.74 Å². The number of para-hydroxylation sites is 1. The van der Waals surface area contributed by atoms with E-state index >= 15 is 0 Å². The minimum absolute atomic E-state index is 0.0668. The normalized spacial score (nSPS) is 12.6. The Balaban J connectivity index is 0.000000405. The number of carboxylic acids is 1. The number of aliphatic carboxylic acids is 1. The summed E-state index contributed by atoms with van der Waals surface area (Å²) in [6, 6.07) is 22.0. The van der Waals surface area contributed by atoms with Gasteiger partial charge < -0.3 is 14.7 Å². The molecule has 0 unspecified atom stereocenters. The van der Waals surface area contributed by atoms with Crippen molar-refractivity contribution in [2.75, 3.05) is 13.7 Å². The van der Waals surface area contributed by atoms with Gasteiger partial charge in [-0.15, -0.1) is 0 Å². The molecule has 37 heavy (non-hydrogen) atoms. The number of ether oxygens (including phenoxy) is 1. The third-order valence-electron chi connectivity index (χ3n) is 5.80. The van der Waals surface area contributed by atoms with Crippen molar-refractivity contribution in [2.45, 2.75) is 19.1 Å². The number of carboxylic acid groups (broad SMARTS) is 1. The average Bonchev–Trinajstić information content (AvgIpc) is 3.22. The van der Waals surface area contributed by atoms with Gasteiger partial charge in [-0.2, -0.15) is 13.2 Å². The van der Waals surface area contributed by atoms with Gasteiger partial charge in [-0.1, -0.05) is 42.5 Å². The minimum atomic E-state index is -5.08. The van der Waals surface area contributed by atoms with E-state index in [4.69, 9.17) is 19.6 Å². The first-order valence-electron chi connectivity index (χ1n) is 11.2. The number of carbonyl (C=O) groups is 2. The van der Waals surface area contributed by atoms with Crippen LogP contribution in [0, 0.1) is 0 Å². The Morgan fingerprint density at radius 3 is 2.57 bits per heavy atom. The van der Waals surface area contributed by atoms with Crippen LogP contribution in [0.2, 0.25) is 0 Å². The fourth-order valence-corrected chi connectivity index (χ4v) is 4.03. The monoisotopic (exact) mass is 509 g/mol. The van der Waals surface area contributed by atoms with E-state index in [1.54, 1.807) is 13.3 Å². The highest BCUT2D eigenvalue weighted by Gasteiger charge is 2.38. The molecule has 10 heteroatoms. The Morgan fingerprint density at radius 2 is 1.84 bits per heavy atom. The van der Waals surface area contributed by atoms with Crippen molar-refractivity contribution in [1.29, 1.82) is 0 Å². The molecule has 0 bridgehead atoms. The van der Waals surface area contributed by atoms with Crippen LogP contribution in [0.1, 0.15) is 21.6 Å². The summed E-state index contributed by atoms with van der Waals surface area (Å²) in [5, 5.41) is 8.25. The van der Waals surface area contributed by atoms with Gasteiger partial charge in [-0.05, 0) is 34.9 Å². The third-order valence-corrected chi connectivity index (χ3v) is 5.80. The van der Waals surface area contributed by atoms with Gasteiger partial charge in [0.25, 0.3) is 5.91 Å². The van der Waals surface area contributed by atoms with Crippen LogP contribution in [0.25, 0.3) is 22.0 Å². The molecule has 1 amide bonds. The lowest BCUT2D eigenvalue weighted by atomic mass is 9.97. The first kappa shape index (κ1) is 25.6. The highest BCUT2D eigenvalue weighted by Crippen LogP contribution is 2.33. The molecule has 0 atom stereocenters. The summed E-state index contributed by atoms with van der Waals surface area (Å²) in [7, 11) is 1.59. The molecular formula is C27H22F3N3O4. The standard InChI is InChI=1S/C25H21N3O2.C2HF3O2/c1-30-23-15-18(11-13-26-23)21-7-4-6-19-16-28(25(29)24(19)21)14-12-20-10-9-17-5-2-3-8-22(17)27-20;3-2(4,5)1(6)7/h2-11,13,15H,12,14,16H2,1H3;(H,6,7). The molecule has 0 saturated heterocycles. The number of hydrogen-bond donors (Lipinski definition) is 1. The number of amides is 1. The quantitative estimate of drug-likeness (QED) is 0.401. The van der Waals surface area contributed by atoms with Gasteiger partial charge in [0.15, 0.2) is 0 Å². The molecule has 3 heterocycles. The number of rotatable bonds is 5. The molecule has 2 aromatic heterocycles. The van der Waals surface area contributed by atoms with Crippen LogP contribution in [-0.4, -0.2) is 51.7 Å². The molecule has 7 nitrogen and oxygen atoms in total. The Hall–Kier alpha value is -4.47. The number of aromatic nitrogens is 2. The van der Waals surface area contributed by atoms with Crippen molar-refractivity contribution in [3.63, 3.8) is 0 Å². The number of fused-ring (bicyclic) bond motifs is 2. The Bertz CT molecular complexity index is 1460. The van der Waals surface area contributed by atoms with E-state index in [1.807, 2.05) is 59.5 Å². The molecule has 0 radical (unpaired) electrons. The van der Waals surface area contributed by atoms with Crippen molar-refractivity contribution >= 4 is 22.8 Å². The Labute approximate surface area is 210 Å². The molecule has 0 spiro atoms. The molecule has 1 aliphatic rings. The van der Waals surface area contributed by atoms with Crippen LogP contribution in [0.15, 0.2) is 72.9 Å². The van der Waals surface area contributed by atoms with E-state index in [-0.39, 0.29) is 5.91 Å². The summed E-state index contributed by atoms with van der Waals surface area (Å²) in [4.78, 5) is 32.9. The van der Waals surface area contributed by atoms with Gasteiger partial charge >= 0.3 is 12.1 Å². The number of alkyl halides is 3. The topological polar surface area (TPSA) is 92.6 Å². The van der Waals surface area contributed by atoms with Crippen LogP contribution in [0.4, 0.5) is 13.2 Å². The molecule has 190 valence electrons. The van der Waals surface area contributed by atoms with Gasteiger partial charge in [0.1, 0.15) is 0 Å². The molecule has 1 aliphatic heterocycles. The number of benzene rings is 2. The second-order valence-corrected chi connectivity index (χ2v) is 8.20. The number of pyridine rings is 2. The summed E-state index contributed by atoms with van der Waals surface area (Å²) in [5.41, 5.74) is 5.67. The molecule has 5 rings (SSSR count). The first-order chi connectivity index (χ1) is 17.7. The molecule has 0 aliphatic carbocycles. The van der Waals surface area contributed by atoms with E-state index in [0.717, 1.165) is 45.3 Å². The van der Waals surface area contributed by atoms with Gasteiger partial charge in [0, 0.05) is 42.9 Å². The van der Waals surface area contributed by atoms with Crippen molar-refractivity contribution in [1.82, 2.24) is 14.9 Å². The maximum absolute atomic E-state index is 13.2. The van der Waals surface area contributed by atoms with Gasteiger partial charge in [-0.25, -0.2) is 9.78 Å². The highest BCUT2D eigenvalue weighted by molar-refractivity contribution is 6.04. The SMILES string of the molecule is COc1cc(-c2cccc3c2C(=O)N(CCc2ccc4ccccc4n2)C3)ccn1.O=C(O)C(F)(F)F. The predicted molar refractivity (Wildman–Crippen MR) is 130 cm³/mol. The minimum Gasteiger partial charge on any atom is -0.481 e. The summed E-state index contributed by atoms with van der Waals surface area (Å²) in [5.74, 6) is -2.15. The summed E-state index contributed by atoms with van der Waals surface area (Å²) in [6.07, 6.45) is -2.65. The summed E-state index contributed by atoms with van der Waals surface area (Å²) < 4.78 is 37.0. The van der Waals surface area contributed by atoms with Crippen molar-refractivity contribution in [3.8, 4) is 17.0 Å². The van der Waals surface area contributed by atoms with E-state index in [2.05, 4.69) is 17.1 Å². The number of halogens is 3. The molecule has 2 aromatic carbocycles. The van der Waals surface area contributed by atoms with Crippen LogP contribution >= 0.6 is 0 Å². The van der Waals surface area contributed by atoms with Crippen molar-refractivity contribution in [3.05, 3.63) is 89.7 Å². The lowest BCUT2D eigenvalue weighted by Crippen LogP contribution is -2.26. The number of nitrogens with zero attached hydrogens (tertiary/aromatic N) is 3. The van der Waals surface area contributed by atoms with Crippen molar-refractivity contribution < 1.29 is 32.6 Å². The van der Waals surface area contributed by atoms with E-state index in [1.165, 1.54) is 0 Å². The third kappa shape index (κ3) is 5.85. The van der Waals surface area contributed by atoms with Crippen LogP contribution in [0.3, 0.4) is 0 Å². The fourth-order valence-electron chi connectivity index (χ4n) is 4.03. The first-order valence-corrected chi connectivity index (χ1v) is 11.2. The van der Waals surface area contributed by atoms with Gasteiger partial charge in [0.05, 0.1) is 18.2 Å². The van der Waals surface area contributed by atoms with Gasteiger partial charge in [0.2, 0.25) is 5.88 Å². The smallest absolute Gasteiger partial charge is 0.481 e. The lowest BCUT2D eigenvalue weighted by Gasteiger charge is -2.15. The Kier molecular flexibility index (Phi) is 7.37.